The average Bonchev–Trinajstić information content (AvgIpc) is 3.02. The molecule has 4 nitrogen and oxygen atoms in total. The summed E-state index contributed by atoms with van der Waals surface area (Å²) in [6.45, 7) is 3.70. The molecule has 3 aromatic rings. The van der Waals surface area contributed by atoms with E-state index >= 15 is 0 Å². The standard InChI is InChI=1S/C19H16FNO3/c1-3-24-19(23)16-11-15-5-4-10-21(15)17(12(16)2)18(22)13-6-8-14(20)9-7-13/h4-11H,3H2,1-2H3. The number of pyridine rings is 1. The number of halogens is 1. The van der Waals surface area contributed by atoms with Crippen LogP contribution < -0.4 is 0 Å². The molecule has 2 heterocycles. The molecule has 5 heteroatoms. The second kappa shape index (κ2) is 6.28. The summed E-state index contributed by atoms with van der Waals surface area (Å²) < 4.78 is 19.9. The maximum atomic E-state index is 13.1. The van der Waals surface area contributed by atoms with Crippen molar-refractivity contribution in [3.8, 4) is 0 Å². The van der Waals surface area contributed by atoms with Gasteiger partial charge >= 0.3 is 5.97 Å². The number of ether oxygens (including phenoxy) is 1. The van der Waals surface area contributed by atoms with Gasteiger partial charge in [0.15, 0.2) is 0 Å². The first-order valence-corrected chi connectivity index (χ1v) is 7.61. The predicted octanol–water partition coefficient (Wildman–Crippen LogP) is 3.79. The monoisotopic (exact) mass is 325 g/mol. The zero-order chi connectivity index (χ0) is 17.3. The summed E-state index contributed by atoms with van der Waals surface area (Å²) in [5, 5.41) is 0. The van der Waals surface area contributed by atoms with Gasteiger partial charge in [-0.05, 0) is 61.9 Å². The molecule has 0 saturated heterocycles. The number of hydrogen-bond acceptors (Lipinski definition) is 3. The lowest BCUT2D eigenvalue weighted by atomic mass is 10.00. The SMILES string of the molecule is CCOC(=O)c1cc2cccn2c(C(=O)c2ccc(F)cc2)c1C. The number of hydrogen-bond donors (Lipinski definition) is 0. The van der Waals surface area contributed by atoms with Gasteiger partial charge in [0.05, 0.1) is 17.9 Å². The van der Waals surface area contributed by atoms with Crippen LogP contribution in [0.15, 0.2) is 48.7 Å². The van der Waals surface area contributed by atoms with E-state index in [0.29, 0.717) is 27.9 Å². The van der Waals surface area contributed by atoms with Gasteiger partial charge in [0.2, 0.25) is 5.78 Å². The second-order valence-corrected chi connectivity index (χ2v) is 5.39. The van der Waals surface area contributed by atoms with E-state index < -0.39 is 11.8 Å². The molecule has 0 atom stereocenters. The molecular weight excluding hydrogens is 309 g/mol. The minimum Gasteiger partial charge on any atom is -0.462 e. The lowest BCUT2D eigenvalue weighted by Crippen LogP contribution is -2.15. The predicted molar refractivity (Wildman–Crippen MR) is 87.9 cm³/mol. The van der Waals surface area contributed by atoms with Crippen molar-refractivity contribution < 1.29 is 18.7 Å². The Hall–Kier alpha value is -2.95. The third kappa shape index (κ3) is 2.69. The van der Waals surface area contributed by atoms with Gasteiger partial charge < -0.3 is 9.14 Å². The van der Waals surface area contributed by atoms with Crippen LogP contribution in [0.1, 0.15) is 38.9 Å². The van der Waals surface area contributed by atoms with Gasteiger partial charge in [-0.1, -0.05) is 0 Å². The van der Waals surface area contributed by atoms with E-state index in [9.17, 15) is 14.0 Å². The molecule has 0 aliphatic carbocycles. The lowest BCUT2D eigenvalue weighted by molar-refractivity contribution is 0.0525. The first kappa shape index (κ1) is 15.9. The lowest BCUT2D eigenvalue weighted by Gasteiger charge is -2.13. The fourth-order valence-electron chi connectivity index (χ4n) is 2.72. The first-order chi connectivity index (χ1) is 11.5. The van der Waals surface area contributed by atoms with E-state index in [1.54, 1.807) is 36.6 Å². The molecule has 2 aromatic heterocycles. The second-order valence-electron chi connectivity index (χ2n) is 5.39. The molecule has 1 aromatic carbocycles. The van der Waals surface area contributed by atoms with Crippen LogP contribution in [0.4, 0.5) is 4.39 Å². The number of aromatic nitrogens is 1. The van der Waals surface area contributed by atoms with Crippen LogP contribution >= 0.6 is 0 Å². The Bertz CT molecular complexity index is 926. The van der Waals surface area contributed by atoms with Crippen LogP contribution in [-0.2, 0) is 4.74 Å². The molecule has 0 spiro atoms. The van der Waals surface area contributed by atoms with Crippen LogP contribution in [0.5, 0.6) is 0 Å². The number of esters is 1. The van der Waals surface area contributed by atoms with Gasteiger partial charge in [-0.3, -0.25) is 4.79 Å². The normalized spacial score (nSPS) is 10.8. The summed E-state index contributed by atoms with van der Waals surface area (Å²) in [6, 6.07) is 10.7. The number of ketones is 1. The van der Waals surface area contributed by atoms with Crippen molar-refractivity contribution in [2.24, 2.45) is 0 Å². The molecule has 0 radical (unpaired) electrons. The maximum Gasteiger partial charge on any atom is 0.338 e. The van der Waals surface area contributed by atoms with E-state index in [2.05, 4.69) is 0 Å². The molecule has 0 fully saturated rings. The minimum absolute atomic E-state index is 0.256. The number of fused-ring (bicyclic) bond motifs is 1. The largest absolute Gasteiger partial charge is 0.462 e. The Morgan fingerprint density at radius 1 is 1.17 bits per heavy atom. The van der Waals surface area contributed by atoms with Crippen molar-refractivity contribution in [3.05, 3.63) is 76.9 Å². The van der Waals surface area contributed by atoms with E-state index in [1.807, 2.05) is 6.07 Å². The fraction of sp³-hybridized carbons (Fsp3) is 0.158. The third-order valence-corrected chi connectivity index (χ3v) is 3.89. The number of nitrogens with zero attached hydrogens (tertiary/aromatic N) is 1. The molecule has 0 aliphatic rings. The van der Waals surface area contributed by atoms with Crippen molar-refractivity contribution in [1.29, 1.82) is 0 Å². The summed E-state index contributed by atoms with van der Waals surface area (Å²) >= 11 is 0. The van der Waals surface area contributed by atoms with Crippen molar-refractivity contribution in [3.63, 3.8) is 0 Å². The van der Waals surface area contributed by atoms with E-state index in [-0.39, 0.29) is 12.4 Å². The third-order valence-electron chi connectivity index (χ3n) is 3.89. The van der Waals surface area contributed by atoms with Gasteiger partial charge in [0.25, 0.3) is 0 Å². The smallest absolute Gasteiger partial charge is 0.338 e. The topological polar surface area (TPSA) is 47.8 Å². The summed E-state index contributed by atoms with van der Waals surface area (Å²) in [7, 11) is 0. The highest BCUT2D eigenvalue weighted by atomic mass is 19.1. The molecule has 122 valence electrons. The zero-order valence-corrected chi connectivity index (χ0v) is 13.4. The van der Waals surface area contributed by atoms with E-state index in [1.165, 1.54) is 24.3 Å². The molecule has 24 heavy (non-hydrogen) atoms. The van der Waals surface area contributed by atoms with Crippen LogP contribution in [0, 0.1) is 12.7 Å². The van der Waals surface area contributed by atoms with Gasteiger partial charge in [-0.25, -0.2) is 9.18 Å². The number of rotatable bonds is 4. The minimum atomic E-state index is -0.466. The molecular formula is C19H16FNO3. The highest BCUT2D eigenvalue weighted by molar-refractivity contribution is 6.10. The maximum absolute atomic E-state index is 13.1. The van der Waals surface area contributed by atoms with Gasteiger partial charge in [-0.2, -0.15) is 0 Å². The van der Waals surface area contributed by atoms with Crippen molar-refractivity contribution in [1.82, 2.24) is 4.40 Å². The van der Waals surface area contributed by atoms with Crippen LogP contribution in [0.2, 0.25) is 0 Å². The fourth-order valence-corrected chi connectivity index (χ4v) is 2.72. The van der Waals surface area contributed by atoms with Crippen LogP contribution in [0.25, 0.3) is 5.52 Å². The molecule has 0 saturated carbocycles. The Kier molecular flexibility index (Phi) is 4.16. The van der Waals surface area contributed by atoms with E-state index in [0.717, 1.165) is 0 Å². The highest BCUT2D eigenvalue weighted by Crippen LogP contribution is 2.22. The molecule has 0 amide bonds. The summed E-state index contributed by atoms with van der Waals surface area (Å²) in [5.41, 5.74) is 2.33. The Labute approximate surface area is 138 Å². The van der Waals surface area contributed by atoms with Crippen molar-refractivity contribution >= 4 is 17.3 Å². The quantitative estimate of drug-likeness (QED) is 0.541. The first-order valence-electron chi connectivity index (χ1n) is 7.61. The van der Waals surface area contributed by atoms with Crippen molar-refractivity contribution in [2.45, 2.75) is 13.8 Å². The molecule has 0 bridgehead atoms. The molecule has 0 N–H and O–H groups in total. The summed E-state index contributed by atoms with van der Waals surface area (Å²) in [5.74, 6) is -1.15. The molecule has 0 aliphatic heterocycles. The van der Waals surface area contributed by atoms with Crippen LogP contribution in [0.3, 0.4) is 0 Å². The number of carbonyl (C=O) groups excluding carboxylic acids is 2. The summed E-state index contributed by atoms with van der Waals surface area (Å²) in [6.07, 6.45) is 1.76. The Morgan fingerprint density at radius 2 is 1.88 bits per heavy atom. The van der Waals surface area contributed by atoms with Gasteiger partial charge in [0, 0.05) is 17.3 Å². The van der Waals surface area contributed by atoms with Gasteiger partial charge in [0.1, 0.15) is 5.82 Å². The average molecular weight is 325 g/mol. The van der Waals surface area contributed by atoms with Crippen LogP contribution in [-0.4, -0.2) is 22.8 Å². The van der Waals surface area contributed by atoms with Crippen molar-refractivity contribution in [2.75, 3.05) is 6.61 Å². The summed E-state index contributed by atoms with van der Waals surface area (Å²) in [4.78, 5) is 25.1. The highest BCUT2D eigenvalue weighted by Gasteiger charge is 2.22. The number of benzene rings is 1. The zero-order valence-electron chi connectivity index (χ0n) is 13.4. The molecule has 3 rings (SSSR count). The molecule has 0 unspecified atom stereocenters. The van der Waals surface area contributed by atoms with E-state index in [4.69, 9.17) is 4.74 Å². The Morgan fingerprint density at radius 3 is 2.54 bits per heavy atom. The van der Waals surface area contributed by atoms with Gasteiger partial charge in [-0.15, -0.1) is 0 Å². The number of carbonyl (C=O) groups is 2. The Balaban J connectivity index is 2.20.